The van der Waals surface area contributed by atoms with E-state index in [1.807, 2.05) is 0 Å². The maximum atomic E-state index is 13.0. The molecule has 0 radical (unpaired) electrons. The van der Waals surface area contributed by atoms with Crippen LogP contribution in [0.2, 0.25) is 0 Å². The molecule has 6 heteroatoms. The van der Waals surface area contributed by atoms with Crippen molar-refractivity contribution in [1.82, 2.24) is 5.32 Å². The van der Waals surface area contributed by atoms with Crippen LogP contribution in [0.15, 0.2) is 36.4 Å². The average Bonchev–Trinajstić information content (AvgIpc) is 3.07. The summed E-state index contributed by atoms with van der Waals surface area (Å²) in [5, 5.41) is 22.8. The van der Waals surface area contributed by atoms with E-state index in [2.05, 4.69) is 5.32 Å². The molecule has 25 heavy (non-hydrogen) atoms. The highest BCUT2D eigenvalue weighted by atomic mass is 16.3. The van der Waals surface area contributed by atoms with Crippen LogP contribution in [-0.2, 0) is 4.79 Å². The van der Waals surface area contributed by atoms with E-state index in [4.69, 9.17) is 11.5 Å². The Morgan fingerprint density at radius 3 is 1.92 bits per heavy atom. The fraction of sp³-hybridized carbons (Fsp3) is 0.316. The number of hydrogen-bond donors (Lipinski definition) is 5. The van der Waals surface area contributed by atoms with E-state index in [0.29, 0.717) is 22.5 Å². The number of phenols is 2. The largest absolute Gasteiger partial charge is 0.508 e. The Balaban J connectivity index is 2.05. The molecular weight excluding hydrogens is 318 g/mol. The van der Waals surface area contributed by atoms with E-state index in [1.54, 1.807) is 12.1 Å². The second kappa shape index (κ2) is 6.93. The number of rotatable bonds is 4. The first-order valence-corrected chi connectivity index (χ1v) is 8.43. The third-order valence-corrected chi connectivity index (χ3v) is 4.73. The van der Waals surface area contributed by atoms with E-state index in [1.165, 1.54) is 24.3 Å². The lowest BCUT2D eigenvalue weighted by molar-refractivity contribution is -0.122. The fourth-order valence-electron chi connectivity index (χ4n) is 3.43. The molecule has 3 rings (SSSR count). The van der Waals surface area contributed by atoms with Gasteiger partial charge in [-0.3, -0.25) is 4.79 Å². The summed E-state index contributed by atoms with van der Waals surface area (Å²) in [4.78, 5) is 13.0. The third-order valence-electron chi connectivity index (χ3n) is 4.73. The molecule has 6 nitrogen and oxygen atoms in total. The van der Waals surface area contributed by atoms with Crippen molar-refractivity contribution in [3.05, 3.63) is 47.5 Å². The lowest BCUT2D eigenvalue weighted by Gasteiger charge is -2.23. The molecule has 0 aromatic heterocycles. The van der Waals surface area contributed by atoms with E-state index >= 15 is 0 Å². The minimum absolute atomic E-state index is 0.0154. The molecule has 0 atom stereocenters. The standard InChI is InChI=1S/C19H23N3O3/c20-16-7-5-12(23)9-14(16)18(15-10-13(24)6-8-17(15)21)19(25)22-11-3-1-2-4-11/h5-11,18,23-24H,1-4,20-21H2,(H,22,25). The fourth-order valence-corrected chi connectivity index (χ4v) is 3.43. The highest BCUT2D eigenvalue weighted by Crippen LogP contribution is 2.36. The van der Waals surface area contributed by atoms with Crippen LogP contribution in [0.3, 0.4) is 0 Å². The first kappa shape index (κ1) is 17.0. The van der Waals surface area contributed by atoms with Gasteiger partial charge in [0.15, 0.2) is 0 Å². The monoisotopic (exact) mass is 341 g/mol. The van der Waals surface area contributed by atoms with Gasteiger partial charge in [0.2, 0.25) is 5.91 Å². The molecule has 0 unspecified atom stereocenters. The van der Waals surface area contributed by atoms with Gasteiger partial charge in [0, 0.05) is 17.4 Å². The molecule has 132 valence electrons. The maximum absolute atomic E-state index is 13.0. The van der Waals surface area contributed by atoms with Crippen molar-refractivity contribution in [3.63, 3.8) is 0 Å². The van der Waals surface area contributed by atoms with E-state index < -0.39 is 5.92 Å². The smallest absolute Gasteiger partial charge is 0.232 e. The Morgan fingerprint density at radius 2 is 1.44 bits per heavy atom. The number of nitrogens with one attached hydrogen (secondary N) is 1. The topological polar surface area (TPSA) is 122 Å². The summed E-state index contributed by atoms with van der Waals surface area (Å²) >= 11 is 0. The van der Waals surface area contributed by atoms with Gasteiger partial charge >= 0.3 is 0 Å². The van der Waals surface area contributed by atoms with Gasteiger partial charge in [-0.2, -0.15) is 0 Å². The van der Waals surface area contributed by atoms with Gasteiger partial charge in [0.05, 0.1) is 5.92 Å². The average molecular weight is 341 g/mol. The van der Waals surface area contributed by atoms with Crippen LogP contribution in [0, 0.1) is 0 Å². The predicted molar refractivity (Wildman–Crippen MR) is 97.3 cm³/mol. The van der Waals surface area contributed by atoms with Gasteiger partial charge in [-0.05, 0) is 60.4 Å². The summed E-state index contributed by atoms with van der Waals surface area (Å²) in [6, 6.07) is 9.12. The molecule has 0 saturated heterocycles. The highest BCUT2D eigenvalue weighted by Gasteiger charge is 2.29. The van der Waals surface area contributed by atoms with Crippen LogP contribution < -0.4 is 16.8 Å². The van der Waals surface area contributed by atoms with Gasteiger partial charge in [-0.25, -0.2) is 0 Å². The van der Waals surface area contributed by atoms with Gasteiger partial charge in [-0.1, -0.05) is 12.8 Å². The number of carbonyl (C=O) groups excluding carboxylic acids is 1. The SMILES string of the molecule is Nc1ccc(O)cc1C(C(=O)NC1CCCC1)c1cc(O)ccc1N. The molecule has 0 spiro atoms. The number of nitrogens with two attached hydrogens (primary N) is 2. The van der Waals surface area contributed by atoms with Crippen LogP contribution in [0.5, 0.6) is 11.5 Å². The highest BCUT2D eigenvalue weighted by molar-refractivity contribution is 5.91. The quantitative estimate of drug-likeness (QED) is 0.432. The van der Waals surface area contributed by atoms with Gasteiger partial charge in [0.25, 0.3) is 0 Å². The van der Waals surface area contributed by atoms with E-state index in [0.717, 1.165) is 25.7 Å². The van der Waals surface area contributed by atoms with E-state index in [9.17, 15) is 15.0 Å². The summed E-state index contributed by atoms with van der Waals surface area (Å²) < 4.78 is 0. The number of phenolic OH excluding ortho intramolecular Hbond substituents is 2. The van der Waals surface area contributed by atoms with Crippen LogP contribution in [0.1, 0.15) is 42.7 Å². The minimum atomic E-state index is -0.806. The number of nitrogen functional groups attached to an aromatic ring is 2. The first-order chi connectivity index (χ1) is 12.0. The lowest BCUT2D eigenvalue weighted by atomic mass is 9.87. The predicted octanol–water partition coefficient (Wildman–Crippen LogP) is 2.45. The van der Waals surface area contributed by atoms with Crippen molar-refractivity contribution in [2.24, 2.45) is 0 Å². The molecule has 0 bridgehead atoms. The molecule has 1 amide bonds. The molecule has 1 fully saturated rings. The second-order valence-corrected chi connectivity index (χ2v) is 6.55. The van der Waals surface area contributed by atoms with Crippen molar-refractivity contribution in [2.45, 2.75) is 37.6 Å². The number of aromatic hydroxyl groups is 2. The van der Waals surface area contributed by atoms with Crippen LogP contribution in [-0.4, -0.2) is 22.2 Å². The Morgan fingerprint density at radius 1 is 0.960 bits per heavy atom. The maximum Gasteiger partial charge on any atom is 0.232 e. The van der Waals surface area contributed by atoms with E-state index in [-0.39, 0.29) is 23.4 Å². The number of carbonyl (C=O) groups is 1. The third kappa shape index (κ3) is 3.63. The second-order valence-electron chi connectivity index (χ2n) is 6.55. The number of benzene rings is 2. The Labute approximate surface area is 146 Å². The zero-order valence-electron chi connectivity index (χ0n) is 13.9. The van der Waals surface area contributed by atoms with Crippen LogP contribution in [0.4, 0.5) is 11.4 Å². The van der Waals surface area contributed by atoms with Gasteiger partial charge in [0.1, 0.15) is 11.5 Å². The lowest BCUT2D eigenvalue weighted by Crippen LogP contribution is -2.37. The zero-order chi connectivity index (χ0) is 18.0. The normalized spacial score (nSPS) is 14.8. The van der Waals surface area contributed by atoms with Crippen LogP contribution >= 0.6 is 0 Å². The number of amides is 1. The van der Waals surface area contributed by atoms with Crippen molar-refractivity contribution in [1.29, 1.82) is 0 Å². The van der Waals surface area contributed by atoms with Crippen LogP contribution in [0.25, 0.3) is 0 Å². The van der Waals surface area contributed by atoms with Crippen molar-refractivity contribution in [3.8, 4) is 11.5 Å². The minimum Gasteiger partial charge on any atom is -0.508 e. The Bertz CT molecular complexity index is 734. The van der Waals surface area contributed by atoms with Gasteiger partial charge in [-0.15, -0.1) is 0 Å². The molecular formula is C19H23N3O3. The molecule has 2 aromatic carbocycles. The van der Waals surface area contributed by atoms with Gasteiger partial charge < -0.3 is 27.0 Å². The summed E-state index contributed by atoms with van der Waals surface area (Å²) in [5.41, 5.74) is 13.8. The molecule has 1 saturated carbocycles. The summed E-state index contributed by atoms with van der Waals surface area (Å²) in [6.07, 6.45) is 4.09. The van der Waals surface area contributed by atoms with Crippen molar-refractivity contribution in [2.75, 3.05) is 11.5 Å². The molecule has 0 aliphatic heterocycles. The summed E-state index contributed by atoms with van der Waals surface area (Å²) in [6.45, 7) is 0. The Hall–Kier alpha value is -2.89. The molecule has 2 aromatic rings. The Kier molecular flexibility index (Phi) is 4.70. The first-order valence-electron chi connectivity index (χ1n) is 8.43. The molecule has 1 aliphatic carbocycles. The number of anilines is 2. The summed E-state index contributed by atoms with van der Waals surface area (Å²) in [7, 11) is 0. The number of hydrogen-bond acceptors (Lipinski definition) is 5. The molecule has 7 N–H and O–H groups in total. The molecule has 0 heterocycles. The zero-order valence-corrected chi connectivity index (χ0v) is 13.9. The molecule has 1 aliphatic rings. The summed E-state index contributed by atoms with van der Waals surface area (Å²) in [5.74, 6) is -1.01. The van der Waals surface area contributed by atoms with Crippen molar-refractivity contribution >= 4 is 17.3 Å². The van der Waals surface area contributed by atoms with Crippen molar-refractivity contribution < 1.29 is 15.0 Å².